The standard InChI is InChI=1S/C30H32N2O2/c33-30(32-20-17-23-11-7-8-14-26(23)28(32)24-12-5-2-6-13-24)34-29-25-15-18-31(19-16-25)27(29)21-22-9-3-1-4-10-22/h1-14,25,27-29H,15-21H2. The Morgan fingerprint density at radius 1 is 0.824 bits per heavy atom. The molecule has 7 rings (SSSR count). The molecule has 174 valence electrons. The minimum atomic E-state index is -0.167. The van der Waals surface area contributed by atoms with E-state index in [0.717, 1.165) is 44.3 Å². The summed E-state index contributed by atoms with van der Waals surface area (Å²) in [5, 5.41) is 0. The van der Waals surface area contributed by atoms with Crippen molar-refractivity contribution in [3.63, 3.8) is 0 Å². The lowest BCUT2D eigenvalue weighted by Gasteiger charge is -2.51. The minimum Gasteiger partial charge on any atom is -0.444 e. The van der Waals surface area contributed by atoms with Gasteiger partial charge >= 0.3 is 6.09 Å². The van der Waals surface area contributed by atoms with Crippen LogP contribution < -0.4 is 0 Å². The molecular weight excluding hydrogens is 420 g/mol. The number of carbonyl (C=O) groups excluding carboxylic acids is 1. The molecule has 3 fully saturated rings. The second kappa shape index (κ2) is 9.27. The molecule has 3 unspecified atom stereocenters. The van der Waals surface area contributed by atoms with E-state index in [0.29, 0.717) is 12.5 Å². The van der Waals surface area contributed by atoms with E-state index in [-0.39, 0.29) is 24.3 Å². The number of rotatable bonds is 4. The molecule has 4 nitrogen and oxygen atoms in total. The molecule has 34 heavy (non-hydrogen) atoms. The summed E-state index contributed by atoms with van der Waals surface area (Å²) < 4.78 is 6.46. The van der Waals surface area contributed by atoms with Crippen LogP contribution in [0.3, 0.4) is 0 Å². The van der Waals surface area contributed by atoms with Crippen LogP contribution in [0.4, 0.5) is 4.79 Å². The highest BCUT2D eigenvalue weighted by Crippen LogP contribution is 2.39. The van der Waals surface area contributed by atoms with E-state index < -0.39 is 0 Å². The largest absolute Gasteiger partial charge is 0.444 e. The van der Waals surface area contributed by atoms with Crippen LogP contribution >= 0.6 is 0 Å². The fraction of sp³-hybridized carbons (Fsp3) is 0.367. The van der Waals surface area contributed by atoms with Crippen LogP contribution in [0, 0.1) is 5.92 Å². The highest BCUT2D eigenvalue weighted by atomic mass is 16.6. The third-order valence-electron chi connectivity index (χ3n) is 8.04. The van der Waals surface area contributed by atoms with E-state index in [1.807, 2.05) is 11.0 Å². The van der Waals surface area contributed by atoms with Gasteiger partial charge in [-0.25, -0.2) is 4.79 Å². The van der Waals surface area contributed by atoms with Crippen molar-refractivity contribution in [3.8, 4) is 0 Å². The molecule has 4 heteroatoms. The first-order chi connectivity index (χ1) is 16.8. The smallest absolute Gasteiger partial charge is 0.410 e. The van der Waals surface area contributed by atoms with Gasteiger partial charge in [-0.3, -0.25) is 9.80 Å². The number of benzene rings is 3. The Labute approximate surface area is 202 Å². The van der Waals surface area contributed by atoms with Gasteiger partial charge in [0, 0.05) is 12.5 Å². The molecule has 2 bridgehead atoms. The van der Waals surface area contributed by atoms with Gasteiger partial charge in [-0.15, -0.1) is 0 Å². The van der Waals surface area contributed by atoms with Crippen molar-refractivity contribution < 1.29 is 9.53 Å². The highest BCUT2D eigenvalue weighted by Gasteiger charge is 2.45. The monoisotopic (exact) mass is 452 g/mol. The summed E-state index contributed by atoms with van der Waals surface area (Å²) in [7, 11) is 0. The Balaban J connectivity index is 1.28. The fourth-order valence-corrected chi connectivity index (χ4v) is 6.32. The van der Waals surface area contributed by atoms with E-state index in [4.69, 9.17) is 4.74 Å². The highest BCUT2D eigenvalue weighted by molar-refractivity contribution is 5.70. The summed E-state index contributed by atoms with van der Waals surface area (Å²) in [4.78, 5) is 18.3. The van der Waals surface area contributed by atoms with Gasteiger partial charge in [0.25, 0.3) is 0 Å². The van der Waals surface area contributed by atoms with Gasteiger partial charge in [0.15, 0.2) is 0 Å². The van der Waals surface area contributed by atoms with Gasteiger partial charge < -0.3 is 4.74 Å². The first-order valence-electron chi connectivity index (χ1n) is 12.7. The number of piperidine rings is 3. The van der Waals surface area contributed by atoms with Gasteiger partial charge in [-0.1, -0.05) is 84.9 Å². The van der Waals surface area contributed by atoms with Crippen LogP contribution in [0.2, 0.25) is 0 Å². The van der Waals surface area contributed by atoms with Crippen LogP contribution in [0.25, 0.3) is 0 Å². The summed E-state index contributed by atoms with van der Waals surface area (Å²) in [6.45, 7) is 2.90. The normalized spacial score (nSPS) is 27.8. The van der Waals surface area contributed by atoms with Crippen LogP contribution in [-0.2, 0) is 17.6 Å². The maximum Gasteiger partial charge on any atom is 0.410 e. The van der Waals surface area contributed by atoms with Crippen molar-refractivity contribution in [2.75, 3.05) is 19.6 Å². The van der Waals surface area contributed by atoms with Crippen LogP contribution in [0.15, 0.2) is 84.9 Å². The quantitative estimate of drug-likeness (QED) is 0.526. The lowest BCUT2D eigenvalue weighted by Crippen LogP contribution is -2.60. The van der Waals surface area contributed by atoms with E-state index in [9.17, 15) is 4.79 Å². The molecule has 3 aromatic carbocycles. The summed E-state index contributed by atoms with van der Waals surface area (Å²) in [6, 6.07) is 29.7. The van der Waals surface area contributed by atoms with Gasteiger partial charge in [0.05, 0.1) is 12.1 Å². The summed E-state index contributed by atoms with van der Waals surface area (Å²) in [5.41, 5.74) is 4.99. The van der Waals surface area contributed by atoms with E-state index in [1.165, 1.54) is 16.7 Å². The van der Waals surface area contributed by atoms with Gasteiger partial charge in [0.1, 0.15) is 6.10 Å². The number of carbonyl (C=O) groups is 1. The predicted molar refractivity (Wildman–Crippen MR) is 134 cm³/mol. The first-order valence-corrected chi connectivity index (χ1v) is 12.7. The first kappa shape index (κ1) is 21.4. The number of ether oxygens (including phenoxy) is 1. The number of hydrogen-bond donors (Lipinski definition) is 0. The lowest BCUT2D eigenvalue weighted by atomic mass is 9.78. The average Bonchev–Trinajstić information content (AvgIpc) is 2.91. The molecule has 3 saturated heterocycles. The molecule has 0 aliphatic carbocycles. The molecule has 0 aromatic heterocycles. The zero-order valence-electron chi connectivity index (χ0n) is 19.6. The van der Waals surface area contributed by atoms with Crippen LogP contribution in [-0.4, -0.2) is 47.7 Å². The summed E-state index contributed by atoms with van der Waals surface area (Å²) in [5.74, 6) is 0.454. The van der Waals surface area contributed by atoms with Gasteiger partial charge in [-0.2, -0.15) is 0 Å². The maximum absolute atomic E-state index is 13.8. The van der Waals surface area contributed by atoms with E-state index >= 15 is 0 Å². The molecule has 3 atom stereocenters. The average molecular weight is 453 g/mol. The molecule has 4 aliphatic heterocycles. The lowest BCUT2D eigenvalue weighted by molar-refractivity contribution is -0.0861. The van der Waals surface area contributed by atoms with Gasteiger partial charge in [0.2, 0.25) is 0 Å². The summed E-state index contributed by atoms with van der Waals surface area (Å²) >= 11 is 0. The minimum absolute atomic E-state index is 0.0520. The molecular formula is C30H32N2O2. The maximum atomic E-state index is 13.8. The Hall–Kier alpha value is -3.11. The predicted octanol–water partition coefficient (Wildman–Crippen LogP) is 5.48. The number of hydrogen-bond acceptors (Lipinski definition) is 3. The number of amides is 1. The van der Waals surface area contributed by atoms with E-state index in [2.05, 4.69) is 83.8 Å². The molecule has 0 spiro atoms. The Kier molecular flexibility index (Phi) is 5.84. The molecule has 4 heterocycles. The van der Waals surface area contributed by atoms with Crippen molar-refractivity contribution in [1.29, 1.82) is 0 Å². The fourth-order valence-electron chi connectivity index (χ4n) is 6.32. The molecule has 0 N–H and O–H groups in total. The third-order valence-corrected chi connectivity index (χ3v) is 8.04. The van der Waals surface area contributed by atoms with Gasteiger partial charge in [-0.05, 0) is 61.0 Å². The van der Waals surface area contributed by atoms with Crippen molar-refractivity contribution in [3.05, 3.63) is 107 Å². The van der Waals surface area contributed by atoms with Crippen LogP contribution in [0.1, 0.15) is 41.1 Å². The third kappa shape index (κ3) is 4.01. The van der Waals surface area contributed by atoms with Crippen molar-refractivity contribution in [1.82, 2.24) is 9.80 Å². The molecule has 0 saturated carbocycles. The van der Waals surface area contributed by atoms with Crippen molar-refractivity contribution in [2.45, 2.75) is 43.9 Å². The van der Waals surface area contributed by atoms with Crippen molar-refractivity contribution in [2.24, 2.45) is 5.92 Å². The second-order valence-electron chi connectivity index (χ2n) is 9.93. The second-order valence-corrected chi connectivity index (χ2v) is 9.93. The molecule has 4 aliphatic rings. The molecule has 3 aromatic rings. The van der Waals surface area contributed by atoms with Crippen molar-refractivity contribution >= 4 is 6.09 Å². The summed E-state index contributed by atoms with van der Waals surface area (Å²) in [6.07, 6.45) is 3.81. The SMILES string of the molecule is O=C(OC1C2CCN(CC2)C1Cc1ccccc1)N1CCc2ccccc2C1c1ccccc1. The number of nitrogens with zero attached hydrogens (tertiary/aromatic N) is 2. The van der Waals surface area contributed by atoms with E-state index in [1.54, 1.807) is 0 Å². The zero-order chi connectivity index (χ0) is 22.9. The zero-order valence-corrected chi connectivity index (χ0v) is 19.6. The topological polar surface area (TPSA) is 32.8 Å². The molecule has 0 radical (unpaired) electrons. The number of fused-ring (bicyclic) bond motifs is 4. The Morgan fingerprint density at radius 3 is 2.26 bits per heavy atom. The Morgan fingerprint density at radius 2 is 1.50 bits per heavy atom. The Bertz CT molecular complexity index is 1120. The van der Waals surface area contributed by atoms with Crippen LogP contribution in [0.5, 0.6) is 0 Å². The molecule has 1 amide bonds.